The highest BCUT2D eigenvalue weighted by Gasteiger charge is 2.25. The Labute approximate surface area is 153 Å². The van der Waals surface area contributed by atoms with Crippen LogP contribution in [-0.4, -0.2) is 41.9 Å². The molecule has 1 fully saturated rings. The van der Waals surface area contributed by atoms with Crippen LogP contribution in [0.4, 0.5) is 5.69 Å². The van der Waals surface area contributed by atoms with Crippen LogP contribution in [0, 0.1) is 6.92 Å². The van der Waals surface area contributed by atoms with E-state index in [4.69, 9.17) is 14.6 Å². The van der Waals surface area contributed by atoms with E-state index >= 15 is 0 Å². The number of aromatic nitrogens is 1. The molecule has 0 unspecified atom stereocenters. The van der Waals surface area contributed by atoms with Crippen LogP contribution in [0.5, 0.6) is 5.75 Å². The molecule has 0 spiro atoms. The summed E-state index contributed by atoms with van der Waals surface area (Å²) in [7, 11) is 0. The second-order valence-electron chi connectivity index (χ2n) is 6.55. The third kappa shape index (κ3) is 4.95. The standard InChI is InChI=1S/C20H24N2O4/c1-15-4-6-16(7-5-15)12-26-19-9-18(10-21-11-19)22-8-2-3-17(22)13-25-14-20(23)24/h4-7,9-11,17H,2-3,8,12-14H2,1H3,(H,23,24)/t17-/m1/s1. The minimum absolute atomic E-state index is 0.170. The minimum Gasteiger partial charge on any atom is -0.487 e. The Balaban J connectivity index is 1.60. The van der Waals surface area contributed by atoms with E-state index < -0.39 is 5.97 Å². The molecule has 0 saturated carbocycles. The molecule has 1 saturated heterocycles. The van der Waals surface area contributed by atoms with Crippen molar-refractivity contribution in [2.24, 2.45) is 0 Å². The minimum atomic E-state index is -0.942. The first kappa shape index (κ1) is 18.2. The van der Waals surface area contributed by atoms with Crippen LogP contribution in [-0.2, 0) is 16.1 Å². The zero-order valence-corrected chi connectivity index (χ0v) is 14.9. The molecule has 0 amide bonds. The predicted molar refractivity (Wildman–Crippen MR) is 98.6 cm³/mol. The van der Waals surface area contributed by atoms with Crippen LogP contribution in [0.25, 0.3) is 0 Å². The molecule has 0 aliphatic carbocycles. The Hall–Kier alpha value is -2.60. The molecule has 3 rings (SSSR count). The van der Waals surface area contributed by atoms with E-state index in [1.165, 1.54) is 5.56 Å². The second-order valence-corrected chi connectivity index (χ2v) is 6.55. The Kier molecular flexibility index (Phi) is 6.07. The Morgan fingerprint density at radius 3 is 2.88 bits per heavy atom. The average molecular weight is 356 g/mol. The topological polar surface area (TPSA) is 71.9 Å². The Bertz CT molecular complexity index is 733. The summed E-state index contributed by atoms with van der Waals surface area (Å²) in [5.41, 5.74) is 3.32. The quantitative estimate of drug-likeness (QED) is 0.784. The third-order valence-corrected chi connectivity index (χ3v) is 4.47. The first-order valence-electron chi connectivity index (χ1n) is 8.81. The van der Waals surface area contributed by atoms with Gasteiger partial charge in [-0.25, -0.2) is 4.79 Å². The van der Waals surface area contributed by atoms with Crippen molar-refractivity contribution in [1.82, 2.24) is 4.98 Å². The summed E-state index contributed by atoms with van der Waals surface area (Å²) in [6, 6.07) is 10.4. The monoisotopic (exact) mass is 356 g/mol. The maximum absolute atomic E-state index is 10.6. The van der Waals surface area contributed by atoms with Gasteiger partial charge >= 0.3 is 5.97 Å². The van der Waals surface area contributed by atoms with Gasteiger partial charge in [0.1, 0.15) is 19.0 Å². The second kappa shape index (κ2) is 8.67. The van der Waals surface area contributed by atoms with Crippen LogP contribution in [0.3, 0.4) is 0 Å². The van der Waals surface area contributed by atoms with Crippen molar-refractivity contribution in [1.29, 1.82) is 0 Å². The molecule has 1 atom stereocenters. The van der Waals surface area contributed by atoms with Crippen molar-refractivity contribution >= 4 is 11.7 Å². The van der Waals surface area contributed by atoms with Crippen LogP contribution in [0.1, 0.15) is 24.0 Å². The van der Waals surface area contributed by atoms with Crippen LogP contribution in [0.15, 0.2) is 42.7 Å². The molecule has 6 nitrogen and oxygen atoms in total. The number of aliphatic carboxylic acids is 1. The van der Waals surface area contributed by atoms with Crippen molar-refractivity contribution in [2.45, 2.75) is 32.4 Å². The summed E-state index contributed by atoms with van der Waals surface area (Å²) >= 11 is 0. The number of carbonyl (C=O) groups is 1. The average Bonchev–Trinajstić information content (AvgIpc) is 3.10. The van der Waals surface area contributed by atoms with Gasteiger partial charge in [-0.3, -0.25) is 4.98 Å². The lowest BCUT2D eigenvalue weighted by Crippen LogP contribution is -2.33. The number of carboxylic acid groups (broad SMARTS) is 1. The largest absolute Gasteiger partial charge is 0.487 e. The fourth-order valence-electron chi connectivity index (χ4n) is 3.13. The first-order chi connectivity index (χ1) is 12.6. The Morgan fingerprint density at radius 2 is 2.12 bits per heavy atom. The van der Waals surface area contributed by atoms with Crippen molar-refractivity contribution in [2.75, 3.05) is 24.7 Å². The number of nitrogens with zero attached hydrogens (tertiary/aromatic N) is 2. The van der Waals surface area contributed by atoms with Gasteiger partial charge in [-0.15, -0.1) is 0 Å². The number of hydrogen-bond donors (Lipinski definition) is 1. The number of carboxylic acids is 1. The number of ether oxygens (including phenoxy) is 2. The molecule has 1 aromatic heterocycles. The van der Waals surface area contributed by atoms with Crippen molar-refractivity contribution in [3.63, 3.8) is 0 Å². The lowest BCUT2D eigenvalue weighted by atomic mass is 10.2. The fourth-order valence-corrected chi connectivity index (χ4v) is 3.13. The number of anilines is 1. The molecule has 0 radical (unpaired) electrons. The highest BCUT2D eigenvalue weighted by atomic mass is 16.5. The molecule has 1 aliphatic rings. The van der Waals surface area contributed by atoms with Gasteiger partial charge in [0, 0.05) is 12.6 Å². The van der Waals surface area contributed by atoms with Gasteiger partial charge in [0.05, 0.1) is 30.7 Å². The van der Waals surface area contributed by atoms with Gasteiger partial charge in [0.25, 0.3) is 0 Å². The van der Waals surface area contributed by atoms with Gasteiger partial charge in [-0.2, -0.15) is 0 Å². The molecule has 2 aromatic rings. The SMILES string of the molecule is Cc1ccc(COc2cncc(N3CCC[C@@H]3COCC(=O)O)c2)cc1. The number of hydrogen-bond acceptors (Lipinski definition) is 5. The number of benzene rings is 1. The van der Waals surface area contributed by atoms with Gasteiger partial charge < -0.3 is 19.5 Å². The van der Waals surface area contributed by atoms with Crippen LogP contribution >= 0.6 is 0 Å². The van der Waals surface area contributed by atoms with Gasteiger partial charge in [0.15, 0.2) is 0 Å². The van der Waals surface area contributed by atoms with E-state index in [0.717, 1.165) is 36.4 Å². The zero-order valence-electron chi connectivity index (χ0n) is 14.9. The van der Waals surface area contributed by atoms with Crippen molar-refractivity contribution < 1.29 is 19.4 Å². The van der Waals surface area contributed by atoms with Crippen molar-refractivity contribution in [3.05, 3.63) is 53.9 Å². The summed E-state index contributed by atoms with van der Waals surface area (Å²) in [4.78, 5) is 17.1. The van der Waals surface area contributed by atoms with E-state index in [1.807, 2.05) is 12.3 Å². The molecule has 26 heavy (non-hydrogen) atoms. The van der Waals surface area contributed by atoms with E-state index in [9.17, 15) is 4.79 Å². The molecule has 1 aromatic carbocycles. The molecule has 138 valence electrons. The summed E-state index contributed by atoms with van der Waals surface area (Å²) < 4.78 is 11.2. The summed E-state index contributed by atoms with van der Waals surface area (Å²) in [6.07, 6.45) is 5.56. The number of rotatable bonds is 8. The zero-order chi connectivity index (χ0) is 18.4. The highest BCUT2D eigenvalue weighted by Crippen LogP contribution is 2.28. The van der Waals surface area contributed by atoms with Gasteiger partial charge in [-0.05, 0) is 25.3 Å². The third-order valence-electron chi connectivity index (χ3n) is 4.47. The number of aryl methyl sites for hydroxylation is 1. The summed E-state index contributed by atoms with van der Waals surface area (Å²) in [5.74, 6) is -0.220. The predicted octanol–water partition coefficient (Wildman–Crippen LogP) is 3.04. The fraction of sp³-hybridized carbons (Fsp3) is 0.400. The van der Waals surface area contributed by atoms with E-state index in [0.29, 0.717) is 13.2 Å². The van der Waals surface area contributed by atoms with E-state index in [1.54, 1.807) is 6.20 Å². The van der Waals surface area contributed by atoms with Crippen LogP contribution < -0.4 is 9.64 Å². The molecule has 0 bridgehead atoms. The molecule has 6 heteroatoms. The van der Waals surface area contributed by atoms with Crippen molar-refractivity contribution in [3.8, 4) is 5.75 Å². The van der Waals surface area contributed by atoms with Gasteiger partial charge in [0.2, 0.25) is 0 Å². The molecular weight excluding hydrogens is 332 g/mol. The van der Waals surface area contributed by atoms with E-state index in [-0.39, 0.29) is 12.6 Å². The molecule has 1 N–H and O–H groups in total. The maximum atomic E-state index is 10.6. The molecule has 2 heterocycles. The summed E-state index contributed by atoms with van der Waals surface area (Å²) in [6.45, 7) is 3.61. The smallest absolute Gasteiger partial charge is 0.329 e. The normalized spacial score (nSPS) is 16.7. The molecule has 1 aliphatic heterocycles. The Morgan fingerprint density at radius 1 is 1.31 bits per heavy atom. The molecular formula is C20H24N2O4. The lowest BCUT2D eigenvalue weighted by molar-refractivity contribution is -0.142. The van der Waals surface area contributed by atoms with Gasteiger partial charge in [-0.1, -0.05) is 29.8 Å². The highest BCUT2D eigenvalue weighted by molar-refractivity contribution is 5.68. The maximum Gasteiger partial charge on any atom is 0.329 e. The van der Waals surface area contributed by atoms with E-state index in [2.05, 4.69) is 41.1 Å². The number of pyridine rings is 1. The lowest BCUT2D eigenvalue weighted by Gasteiger charge is -2.26. The summed E-state index contributed by atoms with van der Waals surface area (Å²) in [5, 5.41) is 8.71. The first-order valence-corrected chi connectivity index (χ1v) is 8.81. The van der Waals surface area contributed by atoms with Crippen LogP contribution in [0.2, 0.25) is 0 Å².